The molecule has 1 fully saturated rings. The van der Waals surface area contributed by atoms with E-state index >= 15 is 0 Å². The zero-order chi connectivity index (χ0) is 16.4. The van der Waals surface area contributed by atoms with Crippen molar-refractivity contribution in [2.45, 2.75) is 6.42 Å². The van der Waals surface area contributed by atoms with E-state index < -0.39 is 23.5 Å². The molecule has 6 heteroatoms. The molecule has 0 spiro atoms. The van der Waals surface area contributed by atoms with Gasteiger partial charge >= 0.3 is 0 Å². The summed E-state index contributed by atoms with van der Waals surface area (Å²) in [6.07, 6.45) is 0.350. The maximum atomic E-state index is 13.6. The fraction of sp³-hybridized carbons (Fsp3) is 0.176. The van der Waals surface area contributed by atoms with Gasteiger partial charge in [-0.15, -0.1) is 0 Å². The van der Waals surface area contributed by atoms with Crippen LogP contribution in [0.3, 0.4) is 0 Å². The number of nitrogens with one attached hydrogen (secondary N) is 1. The first kappa shape index (κ1) is 15.1. The van der Waals surface area contributed by atoms with Gasteiger partial charge in [0.25, 0.3) is 0 Å². The van der Waals surface area contributed by atoms with Crippen molar-refractivity contribution < 1.29 is 18.4 Å². The monoisotopic (exact) mass is 316 g/mol. The Kier molecular flexibility index (Phi) is 4.06. The van der Waals surface area contributed by atoms with Crippen molar-refractivity contribution in [2.24, 2.45) is 5.92 Å². The molecule has 0 radical (unpaired) electrons. The molecule has 1 saturated heterocycles. The third-order valence-corrected chi connectivity index (χ3v) is 3.78. The summed E-state index contributed by atoms with van der Waals surface area (Å²) in [5.74, 6) is -3.38. The van der Waals surface area contributed by atoms with Gasteiger partial charge in [0.15, 0.2) is 0 Å². The Hall–Kier alpha value is -2.76. The molecular weight excluding hydrogens is 302 g/mol. The number of carbonyl (C=O) groups is 2. The van der Waals surface area contributed by atoms with Gasteiger partial charge in [0, 0.05) is 18.3 Å². The van der Waals surface area contributed by atoms with Crippen LogP contribution in [0.15, 0.2) is 48.5 Å². The van der Waals surface area contributed by atoms with Crippen molar-refractivity contribution in [1.29, 1.82) is 0 Å². The van der Waals surface area contributed by atoms with E-state index in [2.05, 4.69) is 5.32 Å². The van der Waals surface area contributed by atoms with Crippen LogP contribution in [0.4, 0.5) is 20.2 Å². The summed E-state index contributed by atoms with van der Waals surface area (Å²) in [6.45, 7) is 0.423. The SMILES string of the molecule is O=C(Nc1ccc(F)cc1F)[C@@H]1CCN(c2ccccc2)C1=O. The van der Waals surface area contributed by atoms with Gasteiger partial charge in [-0.05, 0) is 30.7 Å². The average Bonchev–Trinajstić information content (AvgIpc) is 2.92. The molecule has 1 heterocycles. The number of rotatable bonds is 3. The van der Waals surface area contributed by atoms with Crippen LogP contribution in [0.1, 0.15) is 6.42 Å². The van der Waals surface area contributed by atoms with Crippen LogP contribution in [0, 0.1) is 17.6 Å². The van der Waals surface area contributed by atoms with E-state index in [9.17, 15) is 18.4 Å². The van der Waals surface area contributed by atoms with E-state index in [1.54, 1.807) is 12.1 Å². The number of hydrogen-bond acceptors (Lipinski definition) is 2. The van der Waals surface area contributed by atoms with Gasteiger partial charge in [-0.3, -0.25) is 9.59 Å². The minimum Gasteiger partial charge on any atom is -0.323 e. The number of nitrogens with zero attached hydrogens (tertiary/aromatic N) is 1. The Balaban J connectivity index is 1.72. The van der Waals surface area contributed by atoms with Gasteiger partial charge in [-0.2, -0.15) is 0 Å². The van der Waals surface area contributed by atoms with Gasteiger partial charge in [0.2, 0.25) is 11.8 Å². The fourth-order valence-corrected chi connectivity index (χ4v) is 2.60. The highest BCUT2D eigenvalue weighted by molar-refractivity contribution is 6.13. The second-order valence-corrected chi connectivity index (χ2v) is 5.28. The third kappa shape index (κ3) is 3.06. The minimum atomic E-state index is -0.875. The zero-order valence-electron chi connectivity index (χ0n) is 12.1. The molecule has 2 amide bonds. The van der Waals surface area contributed by atoms with Crippen molar-refractivity contribution in [2.75, 3.05) is 16.8 Å². The highest BCUT2D eigenvalue weighted by atomic mass is 19.1. The maximum Gasteiger partial charge on any atom is 0.239 e. The maximum absolute atomic E-state index is 13.6. The third-order valence-electron chi connectivity index (χ3n) is 3.78. The molecule has 4 nitrogen and oxygen atoms in total. The van der Waals surface area contributed by atoms with E-state index in [1.165, 1.54) is 4.90 Å². The fourth-order valence-electron chi connectivity index (χ4n) is 2.60. The Labute approximate surface area is 131 Å². The lowest BCUT2D eigenvalue weighted by Crippen LogP contribution is -2.33. The first-order chi connectivity index (χ1) is 11.1. The van der Waals surface area contributed by atoms with Crippen LogP contribution in [-0.4, -0.2) is 18.4 Å². The number of benzene rings is 2. The lowest BCUT2D eigenvalue weighted by Gasteiger charge is -2.16. The number of anilines is 2. The lowest BCUT2D eigenvalue weighted by atomic mass is 10.1. The van der Waals surface area contributed by atoms with Gasteiger partial charge < -0.3 is 10.2 Å². The summed E-state index contributed by atoms with van der Waals surface area (Å²) >= 11 is 0. The summed E-state index contributed by atoms with van der Waals surface area (Å²) in [5.41, 5.74) is 0.586. The van der Waals surface area contributed by atoms with Crippen LogP contribution < -0.4 is 10.2 Å². The zero-order valence-corrected chi connectivity index (χ0v) is 12.1. The topological polar surface area (TPSA) is 49.4 Å². The predicted octanol–water partition coefficient (Wildman–Crippen LogP) is 2.96. The molecular formula is C17H14F2N2O2. The minimum absolute atomic E-state index is 0.137. The Morgan fingerprint density at radius 1 is 1.13 bits per heavy atom. The molecule has 0 unspecified atom stereocenters. The van der Waals surface area contributed by atoms with E-state index in [0.29, 0.717) is 19.0 Å². The predicted molar refractivity (Wildman–Crippen MR) is 81.9 cm³/mol. The molecule has 2 aromatic rings. The van der Waals surface area contributed by atoms with Crippen LogP contribution in [0.5, 0.6) is 0 Å². The number of para-hydroxylation sites is 1. The van der Waals surface area contributed by atoms with Crippen LogP contribution >= 0.6 is 0 Å². The van der Waals surface area contributed by atoms with Gasteiger partial charge in [-0.25, -0.2) is 8.78 Å². The Morgan fingerprint density at radius 3 is 2.57 bits per heavy atom. The van der Waals surface area contributed by atoms with E-state index in [0.717, 1.165) is 17.8 Å². The standard InChI is InChI=1S/C17H14F2N2O2/c18-11-6-7-15(14(19)10-11)20-16(22)13-8-9-21(17(13)23)12-4-2-1-3-5-12/h1-7,10,13H,8-9H2,(H,20,22)/t13-/m0/s1. The summed E-state index contributed by atoms with van der Waals surface area (Å²) in [4.78, 5) is 26.1. The number of halogens is 2. The second-order valence-electron chi connectivity index (χ2n) is 5.28. The van der Waals surface area contributed by atoms with Crippen molar-refractivity contribution in [3.8, 4) is 0 Å². The highest BCUT2D eigenvalue weighted by Gasteiger charge is 2.37. The normalized spacial score (nSPS) is 17.4. The van der Waals surface area contributed by atoms with Crippen molar-refractivity contribution in [1.82, 2.24) is 0 Å². The largest absolute Gasteiger partial charge is 0.323 e. The van der Waals surface area contributed by atoms with Crippen LogP contribution in [-0.2, 0) is 9.59 Å². The summed E-state index contributed by atoms with van der Waals surface area (Å²) < 4.78 is 26.5. The average molecular weight is 316 g/mol. The molecule has 2 aromatic carbocycles. The Morgan fingerprint density at radius 2 is 1.87 bits per heavy atom. The van der Waals surface area contributed by atoms with Crippen LogP contribution in [0.2, 0.25) is 0 Å². The highest BCUT2D eigenvalue weighted by Crippen LogP contribution is 2.26. The number of carbonyl (C=O) groups excluding carboxylic acids is 2. The first-order valence-corrected chi connectivity index (χ1v) is 7.18. The van der Waals surface area contributed by atoms with E-state index in [4.69, 9.17) is 0 Å². The molecule has 0 aliphatic carbocycles. The second kappa shape index (κ2) is 6.16. The van der Waals surface area contributed by atoms with Gasteiger partial charge in [-0.1, -0.05) is 18.2 Å². The van der Waals surface area contributed by atoms with Crippen molar-refractivity contribution >= 4 is 23.2 Å². The summed E-state index contributed by atoms with van der Waals surface area (Å²) in [7, 11) is 0. The number of amides is 2. The molecule has 0 aromatic heterocycles. The molecule has 1 aliphatic rings. The first-order valence-electron chi connectivity index (χ1n) is 7.18. The van der Waals surface area contributed by atoms with E-state index in [1.807, 2.05) is 18.2 Å². The van der Waals surface area contributed by atoms with Crippen LogP contribution in [0.25, 0.3) is 0 Å². The molecule has 0 bridgehead atoms. The molecule has 1 atom stereocenters. The molecule has 1 N–H and O–H groups in total. The molecule has 1 aliphatic heterocycles. The van der Waals surface area contributed by atoms with Crippen molar-refractivity contribution in [3.05, 3.63) is 60.2 Å². The molecule has 23 heavy (non-hydrogen) atoms. The van der Waals surface area contributed by atoms with E-state index in [-0.39, 0.29) is 11.6 Å². The number of hydrogen-bond donors (Lipinski definition) is 1. The molecule has 3 rings (SSSR count). The van der Waals surface area contributed by atoms with Gasteiger partial charge in [0.05, 0.1) is 5.69 Å². The smallest absolute Gasteiger partial charge is 0.239 e. The Bertz CT molecular complexity index is 750. The van der Waals surface area contributed by atoms with Gasteiger partial charge in [0.1, 0.15) is 17.6 Å². The molecule has 0 saturated carbocycles. The quantitative estimate of drug-likeness (QED) is 0.885. The lowest BCUT2D eigenvalue weighted by molar-refractivity contribution is -0.129. The summed E-state index contributed by atoms with van der Waals surface area (Å²) in [6, 6.07) is 11.9. The summed E-state index contributed by atoms with van der Waals surface area (Å²) in [5, 5.41) is 2.35. The molecule has 118 valence electrons. The van der Waals surface area contributed by atoms with Crippen molar-refractivity contribution in [3.63, 3.8) is 0 Å².